The smallest absolute Gasteiger partial charge is 0.170 e. The van der Waals surface area contributed by atoms with Gasteiger partial charge in [-0.25, -0.2) is 0 Å². The lowest BCUT2D eigenvalue weighted by atomic mass is 9.86. The van der Waals surface area contributed by atoms with Crippen LogP contribution in [0.25, 0.3) is 0 Å². The van der Waals surface area contributed by atoms with Crippen LogP contribution in [0.15, 0.2) is 0 Å². The summed E-state index contributed by atoms with van der Waals surface area (Å²) >= 11 is 1.81. The normalized spacial score (nSPS) is 17.5. The van der Waals surface area contributed by atoms with Gasteiger partial charge in [0.2, 0.25) is 0 Å². The highest BCUT2D eigenvalue weighted by atomic mass is 127. The van der Waals surface area contributed by atoms with Gasteiger partial charge >= 0.3 is 6.18 Å². The first kappa shape index (κ1) is 12.5. The topological polar surface area (TPSA) is 0 Å². The largest absolute Gasteiger partial charge is 0.394 e. The molecule has 0 fully saturated rings. The summed E-state index contributed by atoms with van der Waals surface area (Å²) in [6.45, 7) is 3.21. The maximum absolute atomic E-state index is 12.4. The Balaban J connectivity index is 4.24. The van der Waals surface area contributed by atoms with Crippen LogP contribution < -0.4 is 0 Å². The molecule has 0 aliphatic carbocycles. The minimum atomic E-state index is -4.05. The van der Waals surface area contributed by atoms with Gasteiger partial charge in [0.1, 0.15) is 0 Å². The first-order valence-corrected chi connectivity index (χ1v) is 5.52. The van der Waals surface area contributed by atoms with Crippen LogP contribution in [0.2, 0.25) is 0 Å². The molecule has 0 aromatic rings. The van der Waals surface area contributed by atoms with Gasteiger partial charge in [-0.3, -0.25) is 0 Å². The SMILES string of the molecule is CCCC[C@](C)(CI)C(F)(F)F. The Bertz CT molecular complexity index is 133. The van der Waals surface area contributed by atoms with Gasteiger partial charge in [0.15, 0.2) is 0 Å². The van der Waals surface area contributed by atoms with Gasteiger partial charge in [-0.1, -0.05) is 49.3 Å². The second kappa shape index (κ2) is 4.67. The lowest BCUT2D eigenvalue weighted by molar-refractivity contribution is -0.210. The molecule has 0 aromatic heterocycles. The van der Waals surface area contributed by atoms with Crippen LogP contribution >= 0.6 is 22.6 Å². The Morgan fingerprint density at radius 3 is 2.00 bits per heavy atom. The average molecular weight is 294 g/mol. The van der Waals surface area contributed by atoms with Crippen molar-refractivity contribution in [2.75, 3.05) is 4.43 Å². The Labute approximate surface area is 85.1 Å². The van der Waals surface area contributed by atoms with Crippen molar-refractivity contribution in [2.45, 2.75) is 39.3 Å². The molecule has 0 aliphatic rings. The number of hydrogen-bond donors (Lipinski definition) is 0. The van der Waals surface area contributed by atoms with Gasteiger partial charge in [0.25, 0.3) is 0 Å². The summed E-state index contributed by atoms with van der Waals surface area (Å²) in [7, 11) is 0. The molecule has 0 N–H and O–H groups in total. The lowest BCUT2D eigenvalue weighted by Crippen LogP contribution is -2.36. The van der Waals surface area contributed by atoms with Crippen molar-refractivity contribution in [1.29, 1.82) is 0 Å². The highest BCUT2D eigenvalue weighted by Crippen LogP contribution is 2.43. The van der Waals surface area contributed by atoms with Gasteiger partial charge < -0.3 is 0 Å². The van der Waals surface area contributed by atoms with Crippen molar-refractivity contribution >= 4 is 22.6 Å². The summed E-state index contributed by atoms with van der Waals surface area (Å²) in [6, 6.07) is 0. The van der Waals surface area contributed by atoms with Gasteiger partial charge in [-0.2, -0.15) is 13.2 Å². The van der Waals surface area contributed by atoms with E-state index in [0.29, 0.717) is 6.42 Å². The summed E-state index contributed by atoms with van der Waals surface area (Å²) < 4.78 is 37.4. The van der Waals surface area contributed by atoms with Gasteiger partial charge in [0.05, 0.1) is 5.41 Å². The Morgan fingerprint density at radius 1 is 1.25 bits per heavy atom. The summed E-state index contributed by atoms with van der Waals surface area (Å²) in [4.78, 5) is 0. The number of halogens is 4. The van der Waals surface area contributed by atoms with Gasteiger partial charge in [-0.05, 0) is 6.42 Å². The van der Waals surface area contributed by atoms with Gasteiger partial charge in [-0.15, -0.1) is 0 Å². The van der Waals surface area contributed by atoms with Crippen molar-refractivity contribution in [2.24, 2.45) is 5.41 Å². The fourth-order valence-electron chi connectivity index (χ4n) is 0.851. The van der Waals surface area contributed by atoms with E-state index in [1.54, 1.807) is 0 Å². The summed E-state index contributed by atoms with van der Waals surface area (Å²) in [5, 5.41) is 0. The van der Waals surface area contributed by atoms with E-state index in [0.717, 1.165) is 6.42 Å². The Morgan fingerprint density at radius 2 is 1.75 bits per heavy atom. The van der Waals surface area contributed by atoms with Crippen LogP contribution in [0.5, 0.6) is 0 Å². The van der Waals surface area contributed by atoms with E-state index in [-0.39, 0.29) is 10.8 Å². The second-order valence-electron chi connectivity index (χ2n) is 3.30. The summed E-state index contributed by atoms with van der Waals surface area (Å²) in [5.74, 6) is 0. The molecule has 74 valence electrons. The quantitative estimate of drug-likeness (QED) is 0.539. The Kier molecular flexibility index (Phi) is 4.87. The third-order valence-electron chi connectivity index (χ3n) is 2.06. The third-order valence-corrected chi connectivity index (χ3v) is 3.74. The van der Waals surface area contributed by atoms with E-state index in [2.05, 4.69) is 0 Å². The molecule has 0 unspecified atom stereocenters. The number of unbranched alkanes of at least 4 members (excludes halogenated alkanes) is 1. The minimum absolute atomic E-state index is 0.147. The molecular weight excluding hydrogens is 280 g/mol. The fraction of sp³-hybridized carbons (Fsp3) is 1.00. The molecule has 0 aromatic carbocycles. The first-order chi connectivity index (χ1) is 5.37. The van der Waals surface area contributed by atoms with E-state index in [4.69, 9.17) is 0 Å². The predicted octanol–water partition coefficient (Wildman–Crippen LogP) is 4.18. The van der Waals surface area contributed by atoms with Crippen LogP contribution in [-0.2, 0) is 0 Å². The predicted molar refractivity (Wildman–Crippen MR) is 52.6 cm³/mol. The summed E-state index contributed by atoms with van der Waals surface area (Å²) in [5.41, 5.74) is -1.48. The highest BCUT2D eigenvalue weighted by Gasteiger charge is 2.49. The van der Waals surface area contributed by atoms with Gasteiger partial charge in [0, 0.05) is 4.43 Å². The second-order valence-corrected chi connectivity index (χ2v) is 4.06. The molecular formula is C8H14F3I. The maximum atomic E-state index is 12.4. The lowest BCUT2D eigenvalue weighted by Gasteiger charge is -2.29. The molecule has 0 radical (unpaired) electrons. The van der Waals surface area contributed by atoms with E-state index in [9.17, 15) is 13.2 Å². The van der Waals surface area contributed by atoms with E-state index < -0.39 is 11.6 Å². The number of rotatable bonds is 4. The van der Waals surface area contributed by atoms with E-state index in [1.165, 1.54) is 6.92 Å². The van der Waals surface area contributed by atoms with E-state index >= 15 is 0 Å². The molecule has 0 rings (SSSR count). The molecule has 0 saturated carbocycles. The first-order valence-electron chi connectivity index (χ1n) is 4.00. The zero-order valence-corrected chi connectivity index (χ0v) is 9.50. The number of hydrogen-bond acceptors (Lipinski definition) is 0. The fourth-order valence-corrected chi connectivity index (χ4v) is 1.67. The molecule has 12 heavy (non-hydrogen) atoms. The highest BCUT2D eigenvalue weighted by molar-refractivity contribution is 14.1. The standard InChI is InChI=1S/C8H14F3I/c1-3-4-5-7(2,6-12)8(9,10)11/h3-6H2,1-2H3/t7-/m1/s1. The van der Waals surface area contributed by atoms with Crippen LogP contribution in [0.1, 0.15) is 33.1 Å². The van der Waals surface area contributed by atoms with Crippen molar-refractivity contribution in [3.63, 3.8) is 0 Å². The van der Waals surface area contributed by atoms with Crippen LogP contribution in [-0.4, -0.2) is 10.6 Å². The monoisotopic (exact) mass is 294 g/mol. The zero-order valence-electron chi connectivity index (χ0n) is 7.34. The molecule has 0 amide bonds. The molecule has 0 aliphatic heterocycles. The van der Waals surface area contributed by atoms with E-state index in [1.807, 2.05) is 29.5 Å². The van der Waals surface area contributed by atoms with Crippen molar-refractivity contribution in [3.8, 4) is 0 Å². The molecule has 0 spiro atoms. The molecule has 0 bridgehead atoms. The minimum Gasteiger partial charge on any atom is -0.170 e. The van der Waals surface area contributed by atoms with Crippen LogP contribution in [0.3, 0.4) is 0 Å². The Hall–Kier alpha value is 0.520. The number of alkyl halides is 4. The molecule has 1 atom stereocenters. The van der Waals surface area contributed by atoms with Crippen molar-refractivity contribution < 1.29 is 13.2 Å². The van der Waals surface area contributed by atoms with Crippen LogP contribution in [0, 0.1) is 5.41 Å². The summed E-state index contributed by atoms with van der Waals surface area (Å²) in [6.07, 6.45) is -2.33. The average Bonchev–Trinajstić information content (AvgIpc) is 1.98. The molecule has 4 heteroatoms. The third kappa shape index (κ3) is 3.11. The van der Waals surface area contributed by atoms with Crippen molar-refractivity contribution in [3.05, 3.63) is 0 Å². The molecule has 0 nitrogen and oxygen atoms in total. The molecule has 0 heterocycles. The van der Waals surface area contributed by atoms with Crippen LogP contribution in [0.4, 0.5) is 13.2 Å². The zero-order chi connectivity index (χ0) is 9.83. The van der Waals surface area contributed by atoms with Crippen molar-refractivity contribution in [1.82, 2.24) is 0 Å². The maximum Gasteiger partial charge on any atom is 0.394 e. The molecule has 0 saturated heterocycles.